The number of benzene rings is 2. The molecular weight excluding hydrogens is 222 g/mol. The lowest BCUT2D eigenvalue weighted by Gasteiger charge is -2.23. The largest absolute Gasteiger partial charge is 0.490 e. The summed E-state index contributed by atoms with van der Waals surface area (Å²) in [6.45, 7) is 2.54. The van der Waals surface area contributed by atoms with Crippen LogP contribution >= 0.6 is 0 Å². The smallest absolute Gasteiger partial charge is 0.176 e. The first-order valence-electron chi connectivity index (χ1n) is 5.69. The van der Waals surface area contributed by atoms with Crippen molar-refractivity contribution in [1.82, 2.24) is 0 Å². The molecule has 0 radical (unpaired) electrons. The zero-order valence-electron chi connectivity index (χ0n) is 9.47. The van der Waals surface area contributed by atoms with Crippen LogP contribution in [0.1, 0.15) is 12.5 Å². The SMILES string of the molecule is CC1COc2c(cc3cccc(F)c3c2F)C1. The molecule has 1 unspecified atom stereocenters. The lowest BCUT2D eigenvalue weighted by molar-refractivity contribution is 0.224. The highest BCUT2D eigenvalue weighted by Gasteiger charge is 2.23. The van der Waals surface area contributed by atoms with E-state index in [4.69, 9.17) is 4.74 Å². The van der Waals surface area contributed by atoms with Gasteiger partial charge in [-0.05, 0) is 35.4 Å². The molecule has 0 spiro atoms. The minimum atomic E-state index is -0.567. The van der Waals surface area contributed by atoms with Gasteiger partial charge in [0, 0.05) is 0 Å². The third kappa shape index (κ3) is 1.57. The summed E-state index contributed by atoms with van der Waals surface area (Å²) in [7, 11) is 0. The number of halogens is 2. The molecule has 3 rings (SSSR count). The summed E-state index contributed by atoms with van der Waals surface area (Å²) in [6, 6.07) is 6.41. The zero-order chi connectivity index (χ0) is 12.0. The van der Waals surface area contributed by atoms with Crippen LogP contribution in [0.3, 0.4) is 0 Å². The van der Waals surface area contributed by atoms with Gasteiger partial charge in [-0.3, -0.25) is 0 Å². The molecule has 1 heterocycles. The molecule has 0 fully saturated rings. The number of hydrogen-bond acceptors (Lipinski definition) is 1. The highest BCUT2D eigenvalue weighted by Crippen LogP contribution is 2.36. The molecule has 88 valence electrons. The second kappa shape index (κ2) is 3.69. The number of rotatable bonds is 0. The number of fused-ring (bicyclic) bond motifs is 2. The fraction of sp³-hybridized carbons (Fsp3) is 0.286. The van der Waals surface area contributed by atoms with Crippen molar-refractivity contribution in [2.75, 3.05) is 6.61 Å². The Morgan fingerprint density at radius 1 is 1.29 bits per heavy atom. The molecule has 0 bridgehead atoms. The van der Waals surface area contributed by atoms with Crippen LogP contribution in [0.15, 0.2) is 24.3 Å². The van der Waals surface area contributed by atoms with E-state index in [0.29, 0.717) is 17.9 Å². The maximum atomic E-state index is 14.2. The van der Waals surface area contributed by atoms with Gasteiger partial charge in [0.25, 0.3) is 0 Å². The van der Waals surface area contributed by atoms with E-state index < -0.39 is 11.6 Å². The van der Waals surface area contributed by atoms with Crippen LogP contribution in [0.2, 0.25) is 0 Å². The van der Waals surface area contributed by atoms with Gasteiger partial charge in [0.15, 0.2) is 11.6 Å². The molecule has 2 aromatic carbocycles. The quantitative estimate of drug-likeness (QED) is 0.675. The minimum absolute atomic E-state index is 0.0285. The van der Waals surface area contributed by atoms with Crippen molar-refractivity contribution in [2.24, 2.45) is 5.92 Å². The van der Waals surface area contributed by atoms with E-state index in [-0.39, 0.29) is 11.1 Å². The molecule has 2 aromatic rings. The maximum Gasteiger partial charge on any atom is 0.176 e. The Bertz CT molecular complexity index is 592. The predicted octanol–water partition coefficient (Wildman–Crippen LogP) is 3.69. The van der Waals surface area contributed by atoms with Crippen molar-refractivity contribution in [3.8, 4) is 5.75 Å². The molecule has 1 aliphatic rings. The second-order valence-electron chi connectivity index (χ2n) is 4.64. The lowest BCUT2D eigenvalue weighted by Crippen LogP contribution is -2.19. The fourth-order valence-electron chi connectivity index (χ4n) is 2.37. The van der Waals surface area contributed by atoms with Crippen molar-refractivity contribution < 1.29 is 13.5 Å². The lowest BCUT2D eigenvalue weighted by atomic mass is 9.95. The van der Waals surface area contributed by atoms with Crippen LogP contribution < -0.4 is 4.74 Å². The van der Waals surface area contributed by atoms with Gasteiger partial charge in [-0.15, -0.1) is 0 Å². The van der Waals surface area contributed by atoms with Gasteiger partial charge in [0.1, 0.15) is 5.82 Å². The number of ether oxygens (including phenoxy) is 1. The Kier molecular flexibility index (Phi) is 2.28. The Hall–Kier alpha value is -1.64. The average molecular weight is 234 g/mol. The fourth-order valence-corrected chi connectivity index (χ4v) is 2.37. The molecule has 3 heteroatoms. The molecule has 1 aliphatic heterocycles. The highest BCUT2D eigenvalue weighted by atomic mass is 19.1. The molecule has 0 amide bonds. The van der Waals surface area contributed by atoms with Gasteiger partial charge in [-0.2, -0.15) is 0 Å². The molecule has 0 aromatic heterocycles. The van der Waals surface area contributed by atoms with Crippen molar-refractivity contribution in [1.29, 1.82) is 0 Å². The van der Waals surface area contributed by atoms with Crippen molar-refractivity contribution >= 4 is 10.8 Å². The third-order valence-electron chi connectivity index (χ3n) is 3.17. The monoisotopic (exact) mass is 234 g/mol. The zero-order valence-corrected chi connectivity index (χ0v) is 9.47. The normalized spacial score (nSPS) is 18.9. The van der Waals surface area contributed by atoms with Crippen LogP contribution in [-0.2, 0) is 6.42 Å². The van der Waals surface area contributed by atoms with Gasteiger partial charge in [0.05, 0.1) is 12.0 Å². The van der Waals surface area contributed by atoms with E-state index in [2.05, 4.69) is 6.92 Å². The topological polar surface area (TPSA) is 9.23 Å². The van der Waals surface area contributed by atoms with Gasteiger partial charge in [-0.25, -0.2) is 8.78 Å². The van der Waals surface area contributed by atoms with Gasteiger partial charge < -0.3 is 4.74 Å². The van der Waals surface area contributed by atoms with Crippen LogP contribution in [0.4, 0.5) is 8.78 Å². The van der Waals surface area contributed by atoms with E-state index in [1.807, 2.05) is 6.07 Å². The summed E-state index contributed by atoms with van der Waals surface area (Å²) in [5.41, 5.74) is 0.833. The van der Waals surface area contributed by atoms with Crippen molar-refractivity contribution in [2.45, 2.75) is 13.3 Å². The summed E-state index contributed by atoms with van der Waals surface area (Å²) in [4.78, 5) is 0. The van der Waals surface area contributed by atoms with Crippen molar-refractivity contribution in [3.63, 3.8) is 0 Å². The maximum absolute atomic E-state index is 14.2. The van der Waals surface area contributed by atoms with Crippen molar-refractivity contribution in [3.05, 3.63) is 41.5 Å². The standard InChI is InChI=1S/C14H12F2O/c1-8-5-10-6-9-3-2-4-11(15)12(9)13(16)14(10)17-7-8/h2-4,6,8H,5,7H2,1H3. The third-order valence-corrected chi connectivity index (χ3v) is 3.17. The summed E-state index contributed by atoms with van der Waals surface area (Å²) in [5, 5.41) is 0.625. The molecule has 0 saturated heterocycles. The summed E-state index contributed by atoms with van der Waals surface area (Å²) < 4.78 is 33.2. The first-order chi connectivity index (χ1) is 8.16. The van der Waals surface area contributed by atoms with Crippen LogP contribution in [0.25, 0.3) is 10.8 Å². The Balaban J connectivity index is 2.33. The molecule has 0 N–H and O–H groups in total. The Labute approximate surface area is 98.0 Å². The number of hydrogen-bond donors (Lipinski definition) is 0. The predicted molar refractivity (Wildman–Crippen MR) is 62.2 cm³/mol. The molecule has 0 aliphatic carbocycles. The summed E-state index contributed by atoms with van der Waals surface area (Å²) >= 11 is 0. The van der Waals surface area contributed by atoms with Crippen LogP contribution in [-0.4, -0.2) is 6.61 Å². The minimum Gasteiger partial charge on any atom is -0.490 e. The van der Waals surface area contributed by atoms with Crippen LogP contribution in [0, 0.1) is 17.6 Å². The second-order valence-corrected chi connectivity index (χ2v) is 4.64. The van der Waals surface area contributed by atoms with E-state index >= 15 is 0 Å². The van der Waals surface area contributed by atoms with Gasteiger partial charge in [-0.1, -0.05) is 19.1 Å². The molecule has 17 heavy (non-hydrogen) atoms. The van der Waals surface area contributed by atoms with Crippen LogP contribution in [0.5, 0.6) is 5.75 Å². The van der Waals surface area contributed by atoms with E-state index in [1.54, 1.807) is 12.1 Å². The first-order valence-corrected chi connectivity index (χ1v) is 5.69. The Morgan fingerprint density at radius 3 is 2.94 bits per heavy atom. The highest BCUT2D eigenvalue weighted by molar-refractivity contribution is 5.86. The van der Waals surface area contributed by atoms with Gasteiger partial charge in [0.2, 0.25) is 0 Å². The van der Waals surface area contributed by atoms with Gasteiger partial charge >= 0.3 is 0 Å². The average Bonchev–Trinajstić information content (AvgIpc) is 2.28. The first kappa shape index (κ1) is 10.5. The Morgan fingerprint density at radius 2 is 2.12 bits per heavy atom. The summed E-state index contributed by atoms with van der Waals surface area (Å²) in [6.07, 6.45) is 0.776. The summed E-state index contributed by atoms with van der Waals surface area (Å²) in [5.74, 6) is -0.513. The molecule has 1 nitrogen and oxygen atoms in total. The molecule has 1 atom stereocenters. The van der Waals surface area contributed by atoms with E-state index in [1.165, 1.54) is 6.07 Å². The van der Waals surface area contributed by atoms with E-state index in [0.717, 1.165) is 12.0 Å². The molecule has 0 saturated carbocycles. The van der Waals surface area contributed by atoms with E-state index in [9.17, 15) is 8.78 Å². The molecular formula is C14H12F2O.